The van der Waals surface area contributed by atoms with Crippen LogP contribution >= 0.6 is 11.8 Å². The Kier molecular flexibility index (Phi) is 7.70. The fourth-order valence-corrected chi connectivity index (χ4v) is 2.30. The number of nitrogens with zero attached hydrogens (tertiary/aromatic N) is 2. The second-order valence-electron chi connectivity index (χ2n) is 4.43. The van der Waals surface area contributed by atoms with E-state index < -0.39 is 0 Å². The van der Waals surface area contributed by atoms with Crippen molar-refractivity contribution in [3.63, 3.8) is 0 Å². The first kappa shape index (κ1) is 16.5. The lowest BCUT2D eigenvalue weighted by atomic mass is 10.4. The maximum absolute atomic E-state index is 8.52. The summed E-state index contributed by atoms with van der Waals surface area (Å²) in [5.74, 6) is 4.24. The smallest absolute Gasteiger partial charge is 0.197 e. The summed E-state index contributed by atoms with van der Waals surface area (Å²) >= 11 is 1.77. The minimum absolute atomic E-state index is 0.499. The summed E-state index contributed by atoms with van der Waals surface area (Å²) in [5.41, 5.74) is 0. The summed E-state index contributed by atoms with van der Waals surface area (Å²) in [7, 11) is 5.58. The molecule has 0 saturated carbocycles. The van der Waals surface area contributed by atoms with Crippen molar-refractivity contribution in [3.8, 4) is 6.07 Å². The second-order valence-corrected chi connectivity index (χ2v) is 5.53. The zero-order chi connectivity index (χ0) is 14.8. The van der Waals surface area contributed by atoms with Gasteiger partial charge < -0.3 is 19.4 Å². The van der Waals surface area contributed by atoms with Gasteiger partial charge in [-0.15, -0.1) is 0 Å². The lowest BCUT2D eigenvalue weighted by Gasteiger charge is -2.07. The Morgan fingerprint density at radius 1 is 1.50 bits per heavy atom. The predicted octanol–water partition coefficient (Wildman–Crippen LogP) is 2.18. The summed E-state index contributed by atoms with van der Waals surface area (Å²) in [6, 6.07) is 5.97. The molecule has 1 heterocycles. The molecule has 0 saturated heterocycles. The van der Waals surface area contributed by atoms with Crippen LogP contribution < -0.4 is 5.32 Å². The Balaban J connectivity index is 2.20. The first-order valence-electron chi connectivity index (χ1n) is 6.33. The van der Waals surface area contributed by atoms with Crippen molar-refractivity contribution in [1.82, 2.24) is 10.2 Å². The number of thioether (sulfide) groups is 1. The van der Waals surface area contributed by atoms with E-state index in [-0.39, 0.29) is 0 Å². The van der Waals surface area contributed by atoms with Gasteiger partial charge in [0.1, 0.15) is 11.5 Å². The molecule has 0 atom stereocenters. The number of hydrogen-bond donors (Lipinski definition) is 1. The maximum Gasteiger partial charge on any atom is 0.197 e. The highest BCUT2D eigenvalue weighted by Crippen LogP contribution is 2.15. The van der Waals surface area contributed by atoms with E-state index in [1.54, 1.807) is 18.9 Å². The van der Waals surface area contributed by atoms with Gasteiger partial charge in [-0.1, -0.05) is 0 Å². The van der Waals surface area contributed by atoms with E-state index >= 15 is 0 Å². The van der Waals surface area contributed by atoms with Crippen molar-refractivity contribution < 1.29 is 9.15 Å². The minimum Gasteiger partial charge on any atom is -0.482 e. The fourth-order valence-electron chi connectivity index (χ4n) is 1.56. The van der Waals surface area contributed by atoms with Crippen molar-refractivity contribution in [3.05, 3.63) is 35.6 Å². The molecule has 20 heavy (non-hydrogen) atoms. The number of rotatable bonds is 9. The van der Waals surface area contributed by atoms with Gasteiger partial charge in [-0.2, -0.15) is 17.0 Å². The van der Waals surface area contributed by atoms with Gasteiger partial charge in [0.2, 0.25) is 0 Å². The number of nitriles is 1. The topological polar surface area (TPSA) is 61.4 Å². The largest absolute Gasteiger partial charge is 0.482 e. The molecule has 6 heteroatoms. The van der Waals surface area contributed by atoms with Crippen molar-refractivity contribution in [2.45, 2.75) is 12.3 Å². The standard InChI is InChI=1S/C14H21N3O2S/c1-17(2)10-12-4-5-13(19-12)11-20-9-8-16-14(18-3)6-7-15/h4-6,16H,8-11H2,1-3H3. The molecule has 1 aromatic rings. The number of allylic oxidation sites excluding steroid dienone is 1. The van der Waals surface area contributed by atoms with E-state index in [1.165, 1.54) is 6.08 Å². The predicted molar refractivity (Wildman–Crippen MR) is 81.0 cm³/mol. The third-order valence-corrected chi connectivity index (χ3v) is 3.38. The first-order valence-corrected chi connectivity index (χ1v) is 7.49. The summed E-state index contributed by atoms with van der Waals surface area (Å²) < 4.78 is 10.7. The third-order valence-electron chi connectivity index (χ3n) is 2.39. The molecule has 0 amide bonds. The van der Waals surface area contributed by atoms with Gasteiger partial charge in [-0.3, -0.25) is 0 Å². The van der Waals surface area contributed by atoms with Gasteiger partial charge in [0.15, 0.2) is 5.88 Å². The molecule has 0 aliphatic heterocycles. The van der Waals surface area contributed by atoms with Gasteiger partial charge in [-0.25, -0.2) is 0 Å². The van der Waals surface area contributed by atoms with E-state index in [0.29, 0.717) is 5.88 Å². The van der Waals surface area contributed by atoms with Gasteiger partial charge in [0, 0.05) is 12.3 Å². The Morgan fingerprint density at radius 3 is 2.90 bits per heavy atom. The fraction of sp³-hybridized carbons (Fsp3) is 0.500. The number of furan rings is 1. The molecule has 0 fully saturated rings. The van der Waals surface area contributed by atoms with Gasteiger partial charge in [0.05, 0.1) is 31.6 Å². The molecule has 0 spiro atoms. The molecule has 1 N–H and O–H groups in total. The molecule has 1 rings (SSSR count). The van der Waals surface area contributed by atoms with Gasteiger partial charge >= 0.3 is 0 Å². The average Bonchev–Trinajstić information content (AvgIpc) is 2.83. The Hall–Kier alpha value is -1.58. The van der Waals surface area contributed by atoms with Crippen LogP contribution in [0.1, 0.15) is 11.5 Å². The molecule has 0 bridgehead atoms. The van der Waals surface area contributed by atoms with Crippen LogP contribution in [-0.4, -0.2) is 38.4 Å². The average molecular weight is 295 g/mol. The molecule has 0 aromatic carbocycles. The SMILES string of the molecule is COC(=CC#N)NCCSCc1ccc(CN(C)C)o1. The van der Waals surface area contributed by atoms with Gasteiger partial charge in [0.25, 0.3) is 0 Å². The van der Waals surface area contributed by atoms with E-state index in [1.807, 2.05) is 32.3 Å². The molecule has 0 aliphatic rings. The summed E-state index contributed by atoms with van der Waals surface area (Å²) in [4.78, 5) is 2.08. The van der Waals surface area contributed by atoms with Crippen LogP contribution in [0.4, 0.5) is 0 Å². The van der Waals surface area contributed by atoms with Crippen LogP contribution in [0.2, 0.25) is 0 Å². The molecule has 0 aliphatic carbocycles. The molecule has 0 unspecified atom stereocenters. The summed E-state index contributed by atoms with van der Waals surface area (Å²) in [5, 5.41) is 11.6. The lowest BCUT2D eigenvalue weighted by molar-refractivity contribution is 0.264. The quantitative estimate of drug-likeness (QED) is 0.428. The van der Waals surface area contributed by atoms with E-state index in [0.717, 1.165) is 36.1 Å². The van der Waals surface area contributed by atoms with Crippen molar-refractivity contribution >= 4 is 11.8 Å². The van der Waals surface area contributed by atoms with Crippen molar-refractivity contribution in [1.29, 1.82) is 5.26 Å². The first-order chi connectivity index (χ1) is 9.65. The molecular formula is C14H21N3O2S. The van der Waals surface area contributed by atoms with Crippen LogP contribution in [0, 0.1) is 11.3 Å². The molecule has 110 valence electrons. The highest BCUT2D eigenvalue weighted by Gasteiger charge is 2.03. The summed E-state index contributed by atoms with van der Waals surface area (Å²) in [6.07, 6.45) is 1.35. The van der Waals surface area contributed by atoms with Gasteiger partial charge in [-0.05, 0) is 26.2 Å². The minimum atomic E-state index is 0.499. The second kappa shape index (κ2) is 9.34. The van der Waals surface area contributed by atoms with Crippen LogP contribution in [0.25, 0.3) is 0 Å². The molecule has 5 nitrogen and oxygen atoms in total. The van der Waals surface area contributed by atoms with E-state index in [4.69, 9.17) is 14.4 Å². The van der Waals surface area contributed by atoms with Crippen LogP contribution in [-0.2, 0) is 17.0 Å². The number of ether oxygens (including phenoxy) is 1. The Labute approximate surface area is 124 Å². The van der Waals surface area contributed by atoms with Crippen LogP contribution in [0.15, 0.2) is 28.5 Å². The van der Waals surface area contributed by atoms with E-state index in [2.05, 4.69) is 10.2 Å². The maximum atomic E-state index is 8.52. The van der Waals surface area contributed by atoms with Crippen LogP contribution in [0.3, 0.4) is 0 Å². The Morgan fingerprint density at radius 2 is 2.25 bits per heavy atom. The monoisotopic (exact) mass is 295 g/mol. The normalized spacial score (nSPS) is 11.4. The zero-order valence-electron chi connectivity index (χ0n) is 12.2. The van der Waals surface area contributed by atoms with Crippen molar-refractivity contribution in [2.75, 3.05) is 33.5 Å². The highest BCUT2D eigenvalue weighted by molar-refractivity contribution is 7.98. The number of methoxy groups -OCH3 is 1. The molecule has 0 radical (unpaired) electrons. The molecule has 1 aromatic heterocycles. The van der Waals surface area contributed by atoms with E-state index in [9.17, 15) is 0 Å². The summed E-state index contributed by atoms with van der Waals surface area (Å²) in [6.45, 7) is 1.57. The number of nitrogens with one attached hydrogen (secondary N) is 1. The Bertz CT molecular complexity index is 463. The molecular weight excluding hydrogens is 274 g/mol. The number of hydrogen-bond acceptors (Lipinski definition) is 6. The zero-order valence-corrected chi connectivity index (χ0v) is 13.0. The highest BCUT2D eigenvalue weighted by atomic mass is 32.2. The van der Waals surface area contributed by atoms with Crippen LogP contribution in [0.5, 0.6) is 0 Å². The third kappa shape index (κ3) is 6.55. The lowest BCUT2D eigenvalue weighted by Crippen LogP contribution is -2.17. The van der Waals surface area contributed by atoms with Crippen molar-refractivity contribution in [2.24, 2.45) is 0 Å².